The summed E-state index contributed by atoms with van der Waals surface area (Å²) < 4.78 is 7.60. The maximum atomic E-state index is 10.1. The number of aliphatic hydroxyl groups excluding tert-OH is 2. The Hall–Kier alpha value is -2.75. The van der Waals surface area contributed by atoms with Crippen molar-refractivity contribution in [3.8, 4) is 0 Å². The molecular formula is C19H24N6O3. The molecule has 1 fully saturated rings. The van der Waals surface area contributed by atoms with Crippen LogP contribution in [-0.4, -0.2) is 55.1 Å². The molecule has 4 rings (SSSR count). The minimum Gasteiger partial charge on any atom is -0.394 e. The van der Waals surface area contributed by atoms with Gasteiger partial charge in [0, 0.05) is 13.0 Å². The second-order valence-corrected chi connectivity index (χ2v) is 6.87. The topological polar surface area (TPSA) is 131 Å². The molecule has 0 aliphatic carbocycles. The molecule has 5 N–H and O–H groups in total. The molecule has 0 bridgehead atoms. The Bertz CT molecular complexity index is 932. The van der Waals surface area contributed by atoms with Crippen LogP contribution in [0.3, 0.4) is 0 Å². The third kappa shape index (κ3) is 3.64. The molecule has 1 aliphatic rings. The first-order valence-electron chi connectivity index (χ1n) is 9.38. The van der Waals surface area contributed by atoms with E-state index in [1.165, 1.54) is 11.9 Å². The molecule has 3 atom stereocenters. The quantitative estimate of drug-likeness (QED) is 0.445. The number of aliphatic hydroxyl groups is 2. The lowest BCUT2D eigenvalue weighted by molar-refractivity contribution is -0.0425. The van der Waals surface area contributed by atoms with Gasteiger partial charge in [0.15, 0.2) is 17.0 Å². The van der Waals surface area contributed by atoms with E-state index in [-0.39, 0.29) is 12.4 Å². The van der Waals surface area contributed by atoms with Gasteiger partial charge in [-0.25, -0.2) is 15.0 Å². The number of benzene rings is 1. The number of nitrogens with two attached hydrogens (primary N) is 1. The summed E-state index contributed by atoms with van der Waals surface area (Å²) in [7, 11) is 0. The van der Waals surface area contributed by atoms with Crippen molar-refractivity contribution in [2.75, 3.05) is 24.2 Å². The number of anilines is 2. The average molecular weight is 384 g/mol. The van der Waals surface area contributed by atoms with Crippen LogP contribution >= 0.6 is 0 Å². The fourth-order valence-electron chi connectivity index (χ4n) is 3.50. The van der Waals surface area contributed by atoms with E-state index in [4.69, 9.17) is 10.5 Å². The van der Waals surface area contributed by atoms with Crippen molar-refractivity contribution in [1.82, 2.24) is 19.5 Å². The summed E-state index contributed by atoms with van der Waals surface area (Å²) in [5, 5.41) is 22.8. The fraction of sp³-hybridized carbons (Fsp3) is 0.421. The lowest BCUT2D eigenvalue weighted by atomic mass is 10.1. The molecule has 28 heavy (non-hydrogen) atoms. The van der Waals surface area contributed by atoms with E-state index in [1.54, 1.807) is 4.57 Å². The highest BCUT2D eigenvalue weighted by molar-refractivity contribution is 5.84. The fourth-order valence-corrected chi connectivity index (χ4v) is 3.50. The zero-order chi connectivity index (χ0) is 19.5. The summed E-state index contributed by atoms with van der Waals surface area (Å²) in [4.78, 5) is 12.9. The Morgan fingerprint density at radius 1 is 1.25 bits per heavy atom. The number of aromatic nitrogens is 4. The number of fused-ring (bicyclic) bond motifs is 1. The third-order valence-electron chi connectivity index (χ3n) is 4.95. The van der Waals surface area contributed by atoms with Crippen LogP contribution in [0.2, 0.25) is 0 Å². The van der Waals surface area contributed by atoms with E-state index in [2.05, 4.69) is 32.4 Å². The molecule has 1 saturated heterocycles. The largest absolute Gasteiger partial charge is 0.394 e. The summed E-state index contributed by atoms with van der Waals surface area (Å²) >= 11 is 0. The number of nitrogens with zero attached hydrogens (tertiary/aromatic N) is 4. The van der Waals surface area contributed by atoms with Gasteiger partial charge in [-0.15, -0.1) is 0 Å². The van der Waals surface area contributed by atoms with Crippen LogP contribution in [-0.2, 0) is 11.2 Å². The van der Waals surface area contributed by atoms with Gasteiger partial charge in [0.05, 0.1) is 12.7 Å². The number of aryl methyl sites for hydroxylation is 1. The molecule has 0 saturated carbocycles. The number of nitrogen functional groups attached to an aromatic ring is 1. The van der Waals surface area contributed by atoms with Gasteiger partial charge in [0.2, 0.25) is 5.95 Å². The Balaban J connectivity index is 1.54. The van der Waals surface area contributed by atoms with Crippen molar-refractivity contribution in [2.45, 2.75) is 37.7 Å². The van der Waals surface area contributed by atoms with Gasteiger partial charge in [0.1, 0.15) is 18.7 Å². The molecule has 0 amide bonds. The van der Waals surface area contributed by atoms with Crippen molar-refractivity contribution in [1.29, 1.82) is 0 Å². The van der Waals surface area contributed by atoms with Gasteiger partial charge in [0.25, 0.3) is 0 Å². The van der Waals surface area contributed by atoms with E-state index in [0.717, 1.165) is 12.8 Å². The van der Waals surface area contributed by atoms with Crippen LogP contribution in [0.5, 0.6) is 0 Å². The zero-order valence-corrected chi connectivity index (χ0v) is 15.4. The van der Waals surface area contributed by atoms with Gasteiger partial charge >= 0.3 is 0 Å². The minimum absolute atomic E-state index is 0.249. The minimum atomic E-state index is -0.752. The Morgan fingerprint density at radius 3 is 2.82 bits per heavy atom. The van der Waals surface area contributed by atoms with Crippen molar-refractivity contribution in [3.05, 3.63) is 42.2 Å². The standard InChI is InChI=1S/C19H24N6O3/c20-17-16-18(23-11-22-17)25(15-9-13(27)14(10-26)28-15)19(24-16)21-8-4-7-12-5-2-1-3-6-12/h1-3,5-6,11,13-15,26-27H,4,7-10H2,(H,21,24)(H2,20,22,23)/t13?,14-,15-/m1/s1. The monoisotopic (exact) mass is 384 g/mol. The average Bonchev–Trinajstić information content (AvgIpc) is 3.26. The predicted molar refractivity (Wildman–Crippen MR) is 105 cm³/mol. The first kappa shape index (κ1) is 18.6. The lowest BCUT2D eigenvalue weighted by Crippen LogP contribution is -2.24. The normalized spacial score (nSPS) is 22.0. The lowest BCUT2D eigenvalue weighted by Gasteiger charge is -2.17. The van der Waals surface area contributed by atoms with Crippen LogP contribution in [0.15, 0.2) is 36.7 Å². The van der Waals surface area contributed by atoms with E-state index >= 15 is 0 Å². The van der Waals surface area contributed by atoms with Crippen molar-refractivity contribution >= 4 is 22.9 Å². The Labute approximate surface area is 162 Å². The molecule has 9 nitrogen and oxygen atoms in total. The summed E-state index contributed by atoms with van der Waals surface area (Å²) in [6.07, 6.45) is 1.69. The van der Waals surface area contributed by atoms with Gasteiger partial charge in [-0.3, -0.25) is 4.57 Å². The van der Waals surface area contributed by atoms with Crippen LogP contribution < -0.4 is 11.1 Å². The number of rotatable bonds is 7. The molecule has 0 spiro atoms. The first-order chi connectivity index (χ1) is 13.7. The molecule has 148 valence electrons. The van der Waals surface area contributed by atoms with E-state index in [9.17, 15) is 10.2 Å². The number of hydrogen-bond donors (Lipinski definition) is 4. The maximum Gasteiger partial charge on any atom is 0.207 e. The molecule has 3 aromatic rings. The van der Waals surface area contributed by atoms with Crippen LogP contribution in [0.1, 0.15) is 24.6 Å². The van der Waals surface area contributed by atoms with Crippen LogP contribution in [0.4, 0.5) is 11.8 Å². The number of nitrogens with one attached hydrogen (secondary N) is 1. The van der Waals surface area contributed by atoms with Gasteiger partial charge < -0.3 is 26.0 Å². The van der Waals surface area contributed by atoms with Crippen molar-refractivity contribution in [3.63, 3.8) is 0 Å². The zero-order valence-electron chi connectivity index (χ0n) is 15.4. The molecule has 0 radical (unpaired) electrons. The second-order valence-electron chi connectivity index (χ2n) is 6.87. The molecular weight excluding hydrogens is 360 g/mol. The van der Waals surface area contributed by atoms with E-state index < -0.39 is 18.4 Å². The summed E-state index contributed by atoms with van der Waals surface area (Å²) in [6.45, 7) is 0.450. The van der Waals surface area contributed by atoms with Gasteiger partial charge in [-0.1, -0.05) is 30.3 Å². The highest BCUT2D eigenvalue weighted by Crippen LogP contribution is 2.34. The number of ether oxygens (including phenoxy) is 1. The second kappa shape index (κ2) is 8.09. The maximum absolute atomic E-state index is 10.1. The highest BCUT2D eigenvalue weighted by Gasteiger charge is 2.36. The Kier molecular flexibility index (Phi) is 5.38. The molecule has 1 unspecified atom stereocenters. The van der Waals surface area contributed by atoms with Crippen molar-refractivity contribution in [2.24, 2.45) is 0 Å². The van der Waals surface area contributed by atoms with Crippen LogP contribution in [0.25, 0.3) is 11.2 Å². The van der Waals surface area contributed by atoms with Crippen molar-refractivity contribution < 1.29 is 14.9 Å². The summed E-state index contributed by atoms with van der Waals surface area (Å²) in [6, 6.07) is 10.3. The van der Waals surface area contributed by atoms with Crippen LogP contribution in [0, 0.1) is 0 Å². The smallest absolute Gasteiger partial charge is 0.207 e. The SMILES string of the molecule is Nc1ncnc2c1nc(NCCCc1ccccc1)n2[C@H]1CC(O)[C@@H](CO)O1. The molecule has 1 aromatic carbocycles. The van der Waals surface area contributed by atoms with Gasteiger partial charge in [-0.2, -0.15) is 0 Å². The molecule has 2 aromatic heterocycles. The highest BCUT2D eigenvalue weighted by atomic mass is 16.5. The molecule has 9 heteroatoms. The summed E-state index contributed by atoms with van der Waals surface area (Å²) in [5.74, 6) is 0.847. The predicted octanol–water partition coefficient (Wildman–Crippen LogP) is 1.09. The first-order valence-corrected chi connectivity index (χ1v) is 9.38. The Morgan fingerprint density at radius 2 is 2.07 bits per heavy atom. The third-order valence-corrected chi connectivity index (χ3v) is 4.95. The summed E-state index contributed by atoms with van der Waals surface area (Å²) in [5.41, 5.74) is 8.26. The van der Waals surface area contributed by atoms with Gasteiger partial charge in [-0.05, 0) is 18.4 Å². The van der Waals surface area contributed by atoms with E-state index in [1.807, 2.05) is 18.2 Å². The molecule has 1 aliphatic heterocycles. The molecule has 3 heterocycles. The van der Waals surface area contributed by atoms with E-state index in [0.29, 0.717) is 30.1 Å². The number of imidazole rings is 1. The number of hydrogen-bond acceptors (Lipinski definition) is 8.